The fraction of sp³-hybridized carbons (Fsp3) is 0.500. The van der Waals surface area contributed by atoms with Gasteiger partial charge in [0.2, 0.25) is 10.0 Å². The Kier molecular flexibility index (Phi) is 3.98. The van der Waals surface area contributed by atoms with Gasteiger partial charge in [0.25, 0.3) is 0 Å². The van der Waals surface area contributed by atoms with E-state index in [0.717, 1.165) is 18.4 Å². The van der Waals surface area contributed by atoms with Crippen LogP contribution in [0.4, 0.5) is 5.69 Å². The molecule has 106 valence electrons. The molecule has 0 spiro atoms. The van der Waals surface area contributed by atoms with Crippen molar-refractivity contribution in [1.29, 1.82) is 0 Å². The maximum absolute atomic E-state index is 12.3. The number of nitrogens with one attached hydrogen (secondary N) is 1. The van der Waals surface area contributed by atoms with Crippen LogP contribution in [0.15, 0.2) is 17.0 Å². The Labute approximate surface area is 112 Å². The van der Waals surface area contributed by atoms with Crippen LogP contribution in [0.5, 0.6) is 5.75 Å². The lowest BCUT2D eigenvalue weighted by Crippen LogP contribution is -2.35. The summed E-state index contributed by atoms with van der Waals surface area (Å²) < 4.78 is 32.4. The van der Waals surface area contributed by atoms with Crippen molar-refractivity contribution in [3.05, 3.63) is 17.7 Å². The molecule has 7 heteroatoms. The molecule has 6 nitrogen and oxygen atoms in total. The van der Waals surface area contributed by atoms with E-state index in [-0.39, 0.29) is 11.5 Å². The van der Waals surface area contributed by atoms with E-state index in [1.54, 1.807) is 13.0 Å². The number of anilines is 1. The molecule has 1 aromatic carbocycles. The summed E-state index contributed by atoms with van der Waals surface area (Å²) in [6.45, 7) is 1.80. The minimum Gasteiger partial charge on any atom is -0.492 e. The average molecular weight is 286 g/mol. The zero-order valence-corrected chi connectivity index (χ0v) is 11.5. The van der Waals surface area contributed by atoms with E-state index in [0.29, 0.717) is 18.0 Å². The summed E-state index contributed by atoms with van der Waals surface area (Å²) in [5.74, 6) is 0.373. The van der Waals surface area contributed by atoms with Crippen LogP contribution in [-0.2, 0) is 16.4 Å². The highest BCUT2D eigenvalue weighted by molar-refractivity contribution is 7.89. The first kappa shape index (κ1) is 14.1. The Bertz CT molecular complexity index is 571. The normalized spacial score (nSPS) is 16.5. The van der Waals surface area contributed by atoms with Gasteiger partial charge in [-0.1, -0.05) is 0 Å². The molecular formula is C12H18N2O4S. The zero-order chi connectivity index (χ0) is 14.0. The number of aliphatic hydroxyl groups is 1. The molecule has 2 rings (SSSR count). The van der Waals surface area contributed by atoms with Crippen LogP contribution in [-0.4, -0.2) is 32.8 Å². The number of fused-ring (bicyclic) bond motifs is 1. The quantitative estimate of drug-likeness (QED) is 0.689. The van der Waals surface area contributed by atoms with Gasteiger partial charge < -0.3 is 15.6 Å². The number of ether oxygens (including phenoxy) is 1. The van der Waals surface area contributed by atoms with Crippen LogP contribution in [0, 0.1) is 0 Å². The minimum absolute atomic E-state index is 0.0440. The first-order valence-electron chi connectivity index (χ1n) is 6.12. The highest BCUT2D eigenvalue weighted by atomic mass is 32.2. The number of hydrogen-bond acceptors (Lipinski definition) is 5. The first-order valence-corrected chi connectivity index (χ1v) is 7.60. The third-order valence-electron chi connectivity index (χ3n) is 2.91. The van der Waals surface area contributed by atoms with Gasteiger partial charge in [0.15, 0.2) is 0 Å². The van der Waals surface area contributed by atoms with Gasteiger partial charge in [0, 0.05) is 11.7 Å². The molecule has 19 heavy (non-hydrogen) atoms. The molecule has 0 aromatic heterocycles. The van der Waals surface area contributed by atoms with E-state index in [9.17, 15) is 8.42 Å². The molecule has 0 saturated heterocycles. The summed E-state index contributed by atoms with van der Waals surface area (Å²) in [5, 5.41) is 8.96. The molecule has 1 atom stereocenters. The van der Waals surface area contributed by atoms with E-state index in [1.807, 2.05) is 0 Å². The first-order chi connectivity index (χ1) is 8.94. The second-order valence-electron chi connectivity index (χ2n) is 4.66. The molecule has 1 aromatic rings. The van der Waals surface area contributed by atoms with Crippen molar-refractivity contribution >= 4 is 15.7 Å². The lowest BCUT2D eigenvalue weighted by molar-refractivity contribution is 0.264. The molecule has 1 unspecified atom stereocenters. The van der Waals surface area contributed by atoms with Crippen molar-refractivity contribution in [2.24, 2.45) is 0 Å². The number of aryl methyl sites for hydroxylation is 1. The van der Waals surface area contributed by atoms with Crippen LogP contribution < -0.4 is 15.2 Å². The number of nitrogen functional groups attached to an aromatic ring is 1. The molecular weight excluding hydrogens is 268 g/mol. The SMILES string of the molecule is CC(CO)NS(=O)(=O)c1cc(N)cc2c1OCCC2. The summed E-state index contributed by atoms with van der Waals surface area (Å²) in [5.41, 5.74) is 6.94. The Morgan fingerprint density at radius 3 is 2.95 bits per heavy atom. The fourth-order valence-electron chi connectivity index (χ4n) is 2.04. The fourth-order valence-corrected chi connectivity index (χ4v) is 3.49. The largest absolute Gasteiger partial charge is 0.492 e. The van der Waals surface area contributed by atoms with Gasteiger partial charge >= 0.3 is 0 Å². The van der Waals surface area contributed by atoms with Gasteiger partial charge in [0.1, 0.15) is 10.6 Å². The predicted molar refractivity (Wildman–Crippen MR) is 71.5 cm³/mol. The Balaban J connectivity index is 2.46. The summed E-state index contributed by atoms with van der Waals surface area (Å²) in [6.07, 6.45) is 1.59. The van der Waals surface area contributed by atoms with E-state index >= 15 is 0 Å². The molecule has 1 aliphatic rings. The predicted octanol–water partition coefficient (Wildman–Crippen LogP) is 0.253. The van der Waals surface area contributed by atoms with Crippen LogP contribution in [0.25, 0.3) is 0 Å². The standard InChI is InChI=1S/C12H18N2O4S/c1-8(7-15)14-19(16,17)11-6-10(13)5-9-3-2-4-18-12(9)11/h5-6,8,14-15H,2-4,7,13H2,1H3. The van der Waals surface area contributed by atoms with Gasteiger partial charge in [-0.3, -0.25) is 0 Å². The second-order valence-corrected chi connectivity index (χ2v) is 6.35. The van der Waals surface area contributed by atoms with E-state index in [1.165, 1.54) is 6.07 Å². The van der Waals surface area contributed by atoms with Gasteiger partial charge in [0.05, 0.1) is 13.2 Å². The van der Waals surface area contributed by atoms with Crippen molar-refractivity contribution in [3.8, 4) is 5.75 Å². The monoisotopic (exact) mass is 286 g/mol. The van der Waals surface area contributed by atoms with E-state index in [4.69, 9.17) is 15.6 Å². The van der Waals surface area contributed by atoms with Crippen molar-refractivity contribution in [2.45, 2.75) is 30.7 Å². The molecule has 0 bridgehead atoms. The van der Waals surface area contributed by atoms with Crippen molar-refractivity contribution in [1.82, 2.24) is 4.72 Å². The number of rotatable bonds is 4. The maximum Gasteiger partial charge on any atom is 0.244 e. The van der Waals surface area contributed by atoms with Gasteiger partial charge in [-0.25, -0.2) is 13.1 Å². The van der Waals surface area contributed by atoms with Crippen molar-refractivity contribution in [3.63, 3.8) is 0 Å². The molecule has 0 saturated carbocycles. The molecule has 0 fully saturated rings. The number of benzene rings is 1. The van der Waals surface area contributed by atoms with Crippen LogP contribution in [0.3, 0.4) is 0 Å². The van der Waals surface area contributed by atoms with Crippen LogP contribution in [0.1, 0.15) is 18.9 Å². The van der Waals surface area contributed by atoms with Gasteiger partial charge in [-0.15, -0.1) is 0 Å². The van der Waals surface area contributed by atoms with Crippen LogP contribution >= 0.6 is 0 Å². The Morgan fingerprint density at radius 1 is 1.53 bits per heavy atom. The topological polar surface area (TPSA) is 102 Å². The molecule has 1 aliphatic heterocycles. The summed E-state index contributed by atoms with van der Waals surface area (Å²) in [4.78, 5) is 0.0440. The van der Waals surface area contributed by atoms with Gasteiger partial charge in [-0.2, -0.15) is 0 Å². The number of aliphatic hydroxyl groups excluding tert-OH is 1. The molecule has 4 N–H and O–H groups in total. The lowest BCUT2D eigenvalue weighted by atomic mass is 10.1. The summed E-state index contributed by atoms with van der Waals surface area (Å²) in [7, 11) is -3.75. The summed E-state index contributed by atoms with van der Waals surface area (Å²) in [6, 6.07) is 2.56. The molecule has 1 heterocycles. The summed E-state index contributed by atoms with van der Waals surface area (Å²) >= 11 is 0. The lowest BCUT2D eigenvalue weighted by Gasteiger charge is -2.22. The zero-order valence-electron chi connectivity index (χ0n) is 10.7. The second kappa shape index (κ2) is 5.36. The van der Waals surface area contributed by atoms with Crippen molar-refractivity contribution < 1.29 is 18.3 Å². The smallest absolute Gasteiger partial charge is 0.244 e. The van der Waals surface area contributed by atoms with E-state index in [2.05, 4.69) is 4.72 Å². The molecule has 0 radical (unpaired) electrons. The highest BCUT2D eigenvalue weighted by Gasteiger charge is 2.26. The number of hydrogen-bond donors (Lipinski definition) is 3. The number of sulfonamides is 1. The Morgan fingerprint density at radius 2 is 2.26 bits per heavy atom. The molecule has 0 aliphatic carbocycles. The third-order valence-corrected chi connectivity index (χ3v) is 4.51. The van der Waals surface area contributed by atoms with Crippen LogP contribution in [0.2, 0.25) is 0 Å². The van der Waals surface area contributed by atoms with Gasteiger partial charge in [-0.05, 0) is 37.5 Å². The number of nitrogens with two attached hydrogens (primary N) is 1. The molecule has 0 amide bonds. The highest BCUT2D eigenvalue weighted by Crippen LogP contribution is 2.34. The Hall–Kier alpha value is -1.31. The average Bonchev–Trinajstić information content (AvgIpc) is 2.37. The maximum atomic E-state index is 12.3. The van der Waals surface area contributed by atoms with E-state index < -0.39 is 16.1 Å². The minimum atomic E-state index is -3.75. The third kappa shape index (κ3) is 2.99. The van der Waals surface area contributed by atoms with Crippen molar-refractivity contribution in [2.75, 3.05) is 18.9 Å².